The monoisotopic (exact) mass is 236 g/mol. The van der Waals surface area contributed by atoms with Crippen molar-refractivity contribution in [3.05, 3.63) is 18.1 Å². The minimum absolute atomic E-state index is 0.173. The third-order valence-corrected chi connectivity index (χ3v) is 2.11. The third kappa shape index (κ3) is 4.80. The molecule has 2 N–H and O–H groups in total. The van der Waals surface area contributed by atoms with Gasteiger partial charge in [-0.25, -0.2) is 9.97 Å². The number of carbonyl (C=O) groups excluding carboxylic acids is 1. The van der Waals surface area contributed by atoms with Crippen molar-refractivity contribution in [2.75, 3.05) is 18.4 Å². The van der Waals surface area contributed by atoms with E-state index in [-0.39, 0.29) is 5.91 Å². The fourth-order valence-electron chi connectivity index (χ4n) is 1.18. The van der Waals surface area contributed by atoms with E-state index in [9.17, 15) is 4.79 Å². The van der Waals surface area contributed by atoms with Gasteiger partial charge in [0.15, 0.2) is 0 Å². The summed E-state index contributed by atoms with van der Waals surface area (Å²) >= 11 is 0. The predicted octanol–water partition coefficient (Wildman–Crippen LogP) is 1.68. The minimum atomic E-state index is -0.173. The molecule has 1 aromatic rings. The van der Waals surface area contributed by atoms with Crippen LogP contribution in [-0.2, 0) is 0 Å². The van der Waals surface area contributed by atoms with E-state index in [4.69, 9.17) is 0 Å². The Balaban J connectivity index is 2.51. The Kier molecular flexibility index (Phi) is 5.39. The summed E-state index contributed by atoms with van der Waals surface area (Å²) in [6.07, 6.45) is 4.10. The molecule has 1 heterocycles. The van der Waals surface area contributed by atoms with E-state index < -0.39 is 0 Å². The van der Waals surface area contributed by atoms with E-state index in [1.165, 1.54) is 6.20 Å². The molecule has 0 saturated heterocycles. The molecule has 0 aliphatic heterocycles. The summed E-state index contributed by atoms with van der Waals surface area (Å²) in [6.45, 7) is 7.67. The largest absolute Gasteiger partial charge is 0.369 e. The molecule has 5 nitrogen and oxygen atoms in total. The first kappa shape index (κ1) is 13.4. The molecule has 0 unspecified atom stereocenters. The summed E-state index contributed by atoms with van der Waals surface area (Å²) in [6, 6.07) is 0. The van der Waals surface area contributed by atoms with E-state index in [1.54, 1.807) is 6.20 Å². The van der Waals surface area contributed by atoms with Crippen LogP contribution in [0.4, 0.5) is 5.82 Å². The summed E-state index contributed by atoms with van der Waals surface area (Å²) < 4.78 is 0. The van der Waals surface area contributed by atoms with Crippen LogP contribution in [0.15, 0.2) is 12.4 Å². The standard InChI is InChI=1S/C12H20N4O/c1-4-5-13-11-8-14-10(7-15-11)12(17)16-6-9(2)3/h7-9H,4-6H2,1-3H3,(H,13,15)(H,16,17). The van der Waals surface area contributed by atoms with Gasteiger partial charge in [-0.15, -0.1) is 0 Å². The van der Waals surface area contributed by atoms with Gasteiger partial charge in [0.2, 0.25) is 0 Å². The number of aromatic nitrogens is 2. The van der Waals surface area contributed by atoms with Crippen molar-refractivity contribution in [1.29, 1.82) is 0 Å². The van der Waals surface area contributed by atoms with E-state index in [2.05, 4.69) is 27.5 Å². The van der Waals surface area contributed by atoms with Gasteiger partial charge in [0, 0.05) is 13.1 Å². The molecule has 0 aromatic carbocycles. The lowest BCUT2D eigenvalue weighted by atomic mass is 10.2. The van der Waals surface area contributed by atoms with Gasteiger partial charge in [-0.1, -0.05) is 20.8 Å². The number of nitrogens with zero attached hydrogens (tertiary/aromatic N) is 2. The molecule has 0 aliphatic rings. The van der Waals surface area contributed by atoms with Gasteiger partial charge in [-0.3, -0.25) is 4.79 Å². The zero-order valence-corrected chi connectivity index (χ0v) is 10.7. The van der Waals surface area contributed by atoms with Crippen LogP contribution < -0.4 is 10.6 Å². The van der Waals surface area contributed by atoms with Gasteiger partial charge in [-0.05, 0) is 12.3 Å². The fourth-order valence-corrected chi connectivity index (χ4v) is 1.18. The van der Waals surface area contributed by atoms with Gasteiger partial charge in [0.05, 0.1) is 12.4 Å². The molecule has 0 radical (unpaired) electrons. The summed E-state index contributed by atoms with van der Waals surface area (Å²) in [4.78, 5) is 19.8. The molecule has 17 heavy (non-hydrogen) atoms. The Morgan fingerprint density at radius 3 is 2.65 bits per heavy atom. The highest BCUT2D eigenvalue weighted by molar-refractivity contribution is 5.91. The van der Waals surface area contributed by atoms with Gasteiger partial charge in [-0.2, -0.15) is 0 Å². The molecule has 1 rings (SSSR count). The van der Waals surface area contributed by atoms with Crippen LogP contribution in [0.5, 0.6) is 0 Å². The molecular formula is C12H20N4O. The van der Waals surface area contributed by atoms with Crippen LogP contribution in [0.2, 0.25) is 0 Å². The number of carbonyl (C=O) groups is 1. The number of rotatable bonds is 6. The van der Waals surface area contributed by atoms with E-state index in [1.807, 2.05) is 13.8 Å². The Hall–Kier alpha value is -1.65. The first-order valence-corrected chi connectivity index (χ1v) is 5.97. The molecule has 5 heteroatoms. The molecule has 0 fully saturated rings. The molecule has 0 spiro atoms. The molecule has 0 saturated carbocycles. The highest BCUT2D eigenvalue weighted by Gasteiger charge is 2.07. The second-order valence-electron chi connectivity index (χ2n) is 4.32. The molecule has 94 valence electrons. The van der Waals surface area contributed by atoms with Crippen molar-refractivity contribution in [3.8, 4) is 0 Å². The average molecular weight is 236 g/mol. The molecule has 1 amide bonds. The van der Waals surface area contributed by atoms with Gasteiger partial charge in [0.25, 0.3) is 5.91 Å². The van der Waals surface area contributed by atoms with E-state index in [0.29, 0.717) is 24.0 Å². The summed E-state index contributed by atoms with van der Waals surface area (Å²) in [7, 11) is 0. The van der Waals surface area contributed by atoms with Crippen LogP contribution in [-0.4, -0.2) is 29.0 Å². The predicted molar refractivity (Wildman–Crippen MR) is 68.0 cm³/mol. The second kappa shape index (κ2) is 6.83. The highest BCUT2D eigenvalue weighted by atomic mass is 16.1. The Bertz CT molecular complexity index is 348. The molecular weight excluding hydrogens is 216 g/mol. The zero-order chi connectivity index (χ0) is 12.7. The topological polar surface area (TPSA) is 66.9 Å². The van der Waals surface area contributed by atoms with Crippen LogP contribution in [0, 0.1) is 5.92 Å². The van der Waals surface area contributed by atoms with Crippen LogP contribution in [0.25, 0.3) is 0 Å². The van der Waals surface area contributed by atoms with Gasteiger partial charge in [0.1, 0.15) is 11.5 Å². The lowest BCUT2D eigenvalue weighted by Crippen LogP contribution is -2.28. The van der Waals surface area contributed by atoms with Crippen LogP contribution in [0.3, 0.4) is 0 Å². The van der Waals surface area contributed by atoms with Crippen molar-refractivity contribution < 1.29 is 4.79 Å². The lowest BCUT2D eigenvalue weighted by molar-refractivity contribution is 0.0943. The molecule has 0 aliphatic carbocycles. The maximum absolute atomic E-state index is 11.6. The van der Waals surface area contributed by atoms with Gasteiger partial charge >= 0.3 is 0 Å². The van der Waals surface area contributed by atoms with Crippen molar-refractivity contribution in [2.45, 2.75) is 27.2 Å². The van der Waals surface area contributed by atoms with Crippen molar-refractivity contribution >= 4 is 11.7 Å². The highest BCUT2D eigenvalue weighted by Crippen LogP contribution is 2.01. The first-order valence-electron chi connectivity index (χ1n) is 5.97. The smallest absolute Gasteiger partial charge is 0.271 e. The molecule has 0 atom stereocenters. The minimum Gasteiger partial charge on any atom is -0.369 e. The Labute approximate surface area is 102 Å². The number of hydrogen-bond donors (Lipinski definition) is 2. The summed E-state index contributed by atoms with van der Waals surface area (Å²) in [5, 5.41) is 5.90. The molecule has 0 bridgehead atoms. The van der Waals surface area contributed by atoms with Crippen molar-refractivity contribution in [1.82, 2.24) is 15.3 Å². The third-order valence-electron chi connectivity index (χ3n) is 2.11. The maximum Gasteiger partial charge on any atom is 0.271 e. The average Bonchev–Trinajstić information content (AvgIpc) is 2.34. The van der Waals surface area contributed by atoms with Crippen molar-refractivity contribution in [3.63, 3.8) is 0 Å². The number of hydrogen-bond acceptors (Lipinski definition) is 4. The summed E-state index contributed by atoms with van der Waals surface area (Å²) in [5.41, 5.74) is 0.354. The molecule has 1 aromatic heterocycles. The zero-order valence-electron chi connectivity index (χ0n) is 10.7. The number of amides is 1. The fraction of sp³-hybridized carbons (Fsp3) is 0.583. The number of nitrogens with one attached hydrogen (secondary N) is 2. The maximum atomic E-state index is 11.6. The number of anilines is 1. The van der Waals surface area contributed by atoms with Gasteiger partial charge < -0.3 is 10.6 Å². The first-order chi connectivity index (χ1) is 8.13. The second-order valence-corrected chi connectivity index (χ2v) is 4.32. The quantitative estimate of drug-likeness (QED) is 0.788. The van der Waals surface area contributed by atoms with Crippen molar-refractivity contribution in [2.24, 2.45) is 5.92 Å². The Morgan fingerprint density at radius 1 is 1.35 bits per heavy atom. The van der Waals surface area contributed by atoms with Crippen LogP contribution in [0.1, 0.15) is 37.7 Å². The van der Waals surface area contributed by atoms with Crippen LogP contribution >= 0.6 is 0 Å². The lowest BCUT2D eigenvalue weighted by Gasteiger charge is -2.07. The summed E-state index contributed by atoms with van der Waals surface area (Å²) in [5.74, 6) is 0.956. The van der Waals surface area contributed by atoms with E-state index >= 15 is 0 Å². The SMILES string of the molecule is CCCNc1cnc(C(=O)NCC(C)C)cn1. The van der Waals surface area contributed by atoms with E-state index in [0.717, 1.165) is 13.0 Å². The normalized spacial score (nSPS) is 10.4. The Morgan fingerprint density at radius 2 is 2.12 bits per heavy atom.